The first-order valence-electron chi connectivity index (χ1n) is 9.13. The van der Waals surface area contributed by atoms with Crippen LogP contribution in [0.3, 0.4) is 0 Å². The van der Waals surface area contributed by atoms with Gasteiger partial charge in [-0.1, -0.05) is 30.3 Å². The molecule has 26 heavy (non-hydrogen) atoms. The molecule has 2 unspecified atom stereocenters. The maximum absolute atomic E-state index is 12.8. The Morgan fingerprint density at radius 3 is 2.77 bits per heavy atom. The van der Waals surface area contributed by atoms with E-state index >= 15 is 0 Å². The molecule has 6 heteroatoms. The van der Waals surface area contributed by atoms with Gasteiger partial charge in [-0.25, -0.2) is 4.79 Å². The second-order valence-corrected chi connectivity index (χ2v) is 7.69. The Labute approximate surface area is 155 Å². The quantitative estimate of drug-likeness (QED) is 0.895. The normalized spacial score (nSPS) is 21.4. The highest BCUT2D eigenvalue weighted by Gasteiger charge is 2.38. The molecule has 0 aliphatic carbocycles. The Balaban J connectivity index is 1.83. The second kappa shape index (κ2) is 7.99. The van der Waals surface area contributed by atoms with Crippen molar-refractivity contribution in [3.63, 3.8) is 0 Å². The number of benzene rings is 1. The van der Waals surface area contributed by atoms with Crippen molar-refractivity contribution in [2.75, 3.05) is 26.4 Å². The molecule has 0 bridgehead atoms. The zero-order valence-electron chi connectivity index (χ0n) is 15.7. The predicted octanol–water partition coefficient (Wildman–Crippen LogP) is 2.90. The van der Waals surface area contributed by atoms with Crippen LogP contribution in [-0.4, -0.2) is 49.1 Å². The van der Waals surface area contributed by atoms with Gasteiger partial charge in [-0.05, 0) is 32.8 Å². The number of rotatable bonds is 4. The van der Waals surface area contributed by atoms with E-state index in [1.54, 1.807) is 6.26 Å². The molecule has 2 atom stereocenters. The first kappa shape index (κ1) is 18.6. The van der Waals surface area contributed by atoms with Crippen LogP contribution in [-0.2, 0) is 20.6 Å². The van der Waals surface area contributed by atoms with Crippen LogP contribution in [0.25, 0.3) is 0 Å². The van der Waals surface area contributed by atoms with E-state index in [2.05, 4.69) is 17.4 Å². The van der Waals surface area contributed by atoms with Crippen molar-refractivity contribution < 1.29 is 19.0 Å². The van der Waals surface area contributed by atoms with Crippen molar-refractivity contribution in [1.29, 1.82) is 0 Å². The maximum atomic E-state index is 12.8. The van der Waals surface area contributed by atoms with Crippen molar-refractivity contribution in [2.24, 2.45) is 5.92 Å². The molecule has 1 N–H and O–H groups in total. The Morgan fingerprint density at radius 1 is 1.35 bits per heavy atom. The van der Waals surface area contributed by atoms with E-state index in [9.17, 15) is 4.79 Å². The zero-order valence-corrected chi connectivity index (χ0v) is 15.7. The summed E-state index contributed by atoms with van der Waals surface area (Å²) >= 11 is 0. The topological polar surface area (TPSA) is 60.0 Å². The summed E-state index contributed by atoms with van der Waals surface area (Å²) in [6.45, 7) is 7.95. The summed E-state index contributed by atoms with van der Waals surface area (Å²) in [4.78, 5) is 14.6. The van der Waals surface area contributed by atoms with Crippen molar-refractivity contribution in [2.45, 2.75) is 38.8 Å². The fourth-order valence-corrected chi connectivity index (χ4v) is 3.37. The highest BCUT2D eigenvalue weighted by atomic mass is 16.7. The summed E-state index contributed by atoms with van der Waals surface area (Å²) < 4.78 is 16.6. The van der Waals surface area contributed by atoms with Crippen molar-refractivity contribution in [3.05, 3.63) is 47.9 Å². The third-order valence-electron chi connectivity index (χ3n) is 4.53. The summed E-state index contributed by atoms with van der Waals surface area (Å²) in [7, 11) is 0. The summed E-state index contributed by atoms with van der Waals surface area (Å²) in [5.41, 5.74) is 0.678. The largest absolute Gasteiger partial charge is 0.462 e. The third kappa shape index (κ3) is 4.69. The number of nitrogens with one attached hydrogen (secondary N) is 1. The van der Waals surface area contributed by atoms with Crippen LogP contribution in [0.4, 0.5) is 4.79 Å². The van der Waals surface area contributed by atoms with Crippen molar-refractivity contribution >= 4 is 6.09 Å². The minimum atomic E-state index is -0.520. The highest BCUT2D eigenvalue weighted by Crippen LogP contribution is 2.29. The number of hydrogen-bond donors (Lipinski definition) is 1. The Morgan fingerprint density at radius 2 is 2.12 bits per heavy atom. The summed E-state index contributed by atoms with van der Waals surface area (Å²) in [5, 5.41) is 3.40. The monoisotopic (exact) mass is 360 g/mol. The first-order chi connectivity index (χ1) is 12.4. The standard InChI is InChI=1S/C20H28N2O4/c1-20(2,3)26-19(23)22-10-9-21-12-17(22)16(18-13-24-14-25-18)11-15-7-5-4-6-8-15/h4-8,13,16-17,21H,9-12,14H2,1-3H3. The van der Waals surface area contributed by atoms with Crippen LogP contribution in [0.1, 0.15) is 26.3 Å². The molecule has 1 amide bonds. The van der Waals surface area contributed by atoms with Crippen LogP contribution >= 0.6 is 0 Å². The van der Waals surface area contributed by atoms with Gasteiger partial charge >= 0.3 is 6.09 Å². The summed E-state index contributed by atoms with van der Waals surface area (Å²) in [6.07, 6.45) is 2.17. The number of ether oxygens (including phenoxy) is 3. The van der Waals surface area contributed by atoms with E-state index in [-0.39, 0.29) is 24.8 Å². The average Bonchev–Trinajstić information content (AvgIpc) is 3.13. The van der Waals surface area contributed by atoms with Gasteiger partial charge in [0.1, 0.15) is 17.6 Å². The number of carbonyl (C=O) groups is 1. The Bertz CT molecular complexity index is 639. The Hall–Kier alpha value is -2.21. The number of amides is 1. The third-order valence-corrected chi connectivity index (χ3v) is 4.53. The average molecular weight is 360 g/mol. The van der Waals surface area contributed by atoms with E-state index in [0.29, 0.717) is 13.1 Å². The second-order valence-electron chi connectivity index (χ2n) is 7.69. The lowest BCUT2D eigenvalue weighted by Gasteiger charge is -2.41. The molecule has 1 saturated heterocycles. The maximum Gasteiger partial charge on any atom is 0.410 e. The lowest BCUT2D eigenvalue weighted by molar-refractivity contribution is 0.000890. The lowest BCUT2D eigenvalue weighted by atomic mass is 9.88. The molecule has 1 fully saturated rings. The molecule has 142 valence electrons. The minimum absolute atomic E-state index is 0.000202. The van der Waals surface area contributed by atoms with Gasteiger partial charge in [-0.2, -0.15) is 0 Å². The van der Waals surface area contributed by atoms with E-state index in [1.807, 2.05) is 43.9 Å². The number of hydrogen-bond acceptors (Lipinski definition) is 5. The van der Waals surface area contributed by atoms with Crippen molar-refractivity contribution in [3.8, 4) is 0 Å². The first-order valence-corrected chi connectivity index (χ1v) is 9.13. The molecule has 3 rings (SSSR count). The predicted molar refractivity (Wildman–Crippen MR) is 98.4 cm³/mol. The lowest BCUT2D eigenvalue weighted by Crippen LogP contribution is -2.58. The molecule has 6 nitrogen and oxygen atoms in total. The van der Waals surface area contributed by atoms with Gasteiger partial charge in [0, 0.05) is 25.6 Å². The number of piperazine rings is 1. The molecular weight excluding hydrogens is 332 g/mol. The van der Waals surface area contributed by atoms with E-state index in [4.69, 9.17) is 14.2 Å². The van der Waals surface area contributed by atoms with Gasteiger partial charge in [0.05, 0.1) is 6.04 Å². The molecule has 1 aromatic carbocycles. The fourth-order valence-electron chi connectivity index (χ4n) is 3.37. The minimum Gasteiger partial charge on any atom is -0.462 e. The molecule has 0 radical (unpaired) electrons. The molecule has 0 spiro atoms. The van der Waals surface area contributed by atoms with E-state index in [1.165, 1.54) is 5.56 Å². The molecule has 2 aliphatic heterocycles. The molecule has 0 saturated carbocycles. The van der Waals surface area contributed by atoms with Gasteiger partial charge in [-0.3, -0.25) is 0 Å². The molecule has 2 aliphatic rings. The van der Waals surface area contributed by atoms with Gasteiger partial charge in [-0.15, -0.1) is 0 Å². The van der Waals surface area contributed by atoms with Crippen LogP contribution in [0.5, 0.6) is 0 Å². The highest BCUT2D eigenvalue weighted by molar-refractivity contribution is 5.69. The van der Waals surface area contributed by atoms with Gasteiger partial charge in [0.25, 0.3) is 0 Å². The smallest absolute Gasteiger partial charge is 0.410 e. The Kier molecular flexibility index (Phi) is 5.71. The van der Waals surface area contributed by atoms with Crippen LogP contribution in [0.2, 0.25) is 0 Å². The van der Waals surface area contributed by atoms with Crippen LogP contribution in [0.15, 0.2) is 42.4 Å². The number of nitrogens with zero attached hydrogens (tertiary/aromatic N) is 1. The van der Waals surface area contributed by atoms with Crippen LogP contribution < -0.4 is 5.32 Å². The van der Waals surface area contributed by atoms with Gasteiger partial charge < -0.3 is 24.4 Å². The van der Waals surface area contributed by atoms with Gasteiger partial charge in [0.2, 0.25) is 6.79 Å². The molecular formula is C20H28N2O4. The SMILES string of the molecule is CC(C)(C)OC(=O)N1CCNCC1C(Cc1ccccc1)C1=COCO1. The summed E-state index contributed by atoms with van der Waals surface area (Å²) in [5.74, 6) is 0.788. The van der Waals surface area contributed by atoms with Gasteiger partial charge in [0.15, 0.2) is 0 Å². The fraction of sp³-hybridized carbons (Fsp3) is 0.550. The summed E-state index contributed by atoms with van der Waals surface area (Å²) in [6, 6.07) is 10.2. The van der Waals surface area contributed by atoms with Crippen molar-refractivity contribution in [1.82, 2.24) is 10.2 Å². The van der Waals surface area contributed by atoms with Crippen LogP contribution in [0, 0.1) is 5.92 Å². The number of carbonyl (C=O) groups excluding carboxylic acids is 1. The molecule has 0 aromatic heterocycles. The zero-order chi connectivity index (χ0) is 18.6. The van der Waals surface area contributed by atoms with E-state index in [0.717, 1.165) is 18.7 Å². The van der Waals surface area contributed by atoms with E-state index < -0.39 is 5.60 Å². The molecule has 2 heterocycles. The molecule has 1 aromatic rings.